The van der Waals surface area contributed by atoms with Gasteiger partial charge in [-0.2, -0.15) is 0 Å². The van der Waals surface area contributed by atoms with Crippen LogP contribution in [0.3, 0.4) is 0 Å². The number of rotatable bonds is 7. The molecule has 0 aliphatic heterocycles. The first kappa shape index (κ1) is 19.7. The Morgan fingerprint density at radius 3 is 2.00 bits per heavy atom. The average molecular weight is 419 g/mol. The molecule has 2 aromatic rings. The molecule has 136 valence electrons. The summed E-state index contributed by atoms with van der Waals surface area (Å²) in [6.45, 7) is 1.56. The molecule has 2 aromatic carbocycles. The van der Waals surface area contributed by atoms with Gasteiger partial charge < -0.3 is 15.4 Å². The van der Waals surface area contributed by atoms with Gasteiger partial charge in [-0.05, 0) is 43.3 Å². The zero-order valence-corrected chi connectivity index (χ0v) is 15.8. The Hall–Kier alpha value is -2.67. The number of nitrogens with one attached hydrogen (secondary N) is 2. The number of halogens is 1. The van der Waals surface area contributed by atoms with Crippen LogP contribution in [0.1, 0.15) is 18.4 Å². The van der Waals surface area contributed by atoms with Crippen LogP contribution in [-0.4, -0.2) is 24.4 Å². The number of benzene rings is 2. The highest BCUT2D eigenvalue weighted by Gasteiger charge is 2.11. The fourth-order valence-electron chi connectivity index (χ4n) is 2.02. The van der Waals surface area contributed by atoms with E-state index >= 15 is 0 Å². The average Bonchev–Trinajstić information content (AvgIpc) is 2.62. The van der Waals surface area contributed by atoms with Crippen LogP contribution in [0.2, 0.25) is 0 Å². The molecule has 0 spiro atoms. The van der Waals surface area contributed by atoms with Crippen molar-refractivity contribution in [2.75, 3.05) is 17.2 Å². The van der Waals surface area contributed by atoms with Crippen molar-refractivity contribution in [1.82, 2.24) is 0 Å². The molecule has 0 heterocycles. The van der Waals surface area contributed by atoms with Gasteiger partial charge in [0.05, 0.1) is 6.42 Å². The molecule has 26 heavy (non-hydrogen) atoms. The lowest BCUT2D eigenvalue weighted by atomic mass is 10.2. The number of anilines is 2. The Kier molecular flexibility index (Phi) is 7.35. The molecular formula is C19H19BrN2O4. The van der Waals surface area contributed by atoms with Crippen molar-refractivity contribution in [2.24, 2.45) is 0 Å². The van der Waals surface area contributed by atoms with Crippen molar-refractivity contribution in [3.8, 4) is 0 Å². The minimum atomic E-state index is -0.602. The Bertz CT molecular complexity index is 708. The molecule has 2 amide bonds. The predicted molar refractivity (Wildman–Crippen MR) is 103 cm³/mol. The summed E-state index contributed by atoms with van der Waals surface area (Å²) < 4.78 is 5.77. The van der Waals surface area contributed by atoms with Crippen molar-refractivity contribution in [3.05, 3.63) is 58.6 Å². The molecule has 0 atom stereocenters. The van der Waals surface area contributed by atoms with E-state index in [1.165, 1.54) is 0 Å². The topological polar surface area (TPSA) is 84.5 Å². The molecule has 0 aliphatic carbocycles. The maximum absolute atomic E-state index is 11.8. The van der Waals surface area contributed by atoms with Gasteiger partial charge in [0.25, 0.3) is 5.91 Å². The number of hydrogen-bond donors (Lipinski definition) is 2. The maximum Gasteiger partial charge on any atom is 0.306 e. The molecule has 2 N–H and O–H groups in total. The first-order valence-electron chi connectivity index (χ1n) is 8.00. The van der Waals surface area contributed by atoms with Gasteiger partial charge in [0, 0.05) is 22.3 Å². The number of esters is 1. The maximum atomic E-state index is 11.8. The summed E-state index contributed by atoms with van der Waals surface area (Å²) in [6, 6.07) is 14.4. The van der Waals surface area contributed by atoms with Gasteiger partial charge in [0.2, 0.25) is 5.91 Å². The van der Waals surface area contributed by atoms with Crippen LogP contribution < -0.4 is 10.6 Å². The summed E-state index contributed by atoms with van der Waals surface area (Å²) in [7, 11) is 0. The predicted octanol–water partition coefficient (Wildman–Crippen LogP) is 3.66. The summed E-state index contributed by atoms with van der Waals surface area (Å²) in [4.78, 5) is 35.2. The first-order valence-corrected chi connectivity index (χ1v) is 8.79. The summed E-state index contributed by atoms with van der Waals surface area (Å²) in [5.41, 5.74) is 2.36. The highest BCUT2D eigenvalue weighted by Crippen LogP contribution is 2.14. The molecule has 7 heteroatoms. The monoisotopic (exact) mass is 418 g/mol. The third kappa shape index (κ3) is 7.06. The van der Waals surface area contributed by atoms with E-state index in [-0.39, 0.29) is 18.7 Å². The highest BCUT2D eigenvalue weighted by atomic mass is 79.9. The van der Waals surface area contributed by atoms with Crippen molar-refractivity contribution in [1.29, 1.82) is 0 Å². The van der Waals surface area contributed by atoms with Gasteiger partial charge in [-0.15, -0.1) is 0 Å². The molecule has 0 radical (unpaired) electrons. The Morgan fingerprint density at radius 2 is 1.38 bits per heavy atom. The lowest BCUT2D eigenvalue weighted by Gasteiger charge is -2.07. The first-order chi connectivity index (χ1) is 12.4. The molecule has 6 nitrogen and oxygen atoms in total. The van der Waals surface area contributed by atoms with Crippen molar-refractivity contribution in [3.63, 3.8) is 0 Å². The number of carbonyl (C=O) groups excluding carboxylic acids is 3. The fraction of sp³-hybridized carbons (Fsp3) is 0.211. The Labute approximate surface area is 160 Å². The SMILES string of the molecule is Cc1ccc(NC(=O)CCC(=O)OCC(=O)Nc2ccc(Br)cc2)cc1. The summed E-state index contributed by atoms with van der Waals surface area (Å²) >= 11 is 3.30. The van der Waals surface area contributed by atoms with Crippen molar-refractivity contribution in [2.45, 2.75) is 19.8 Å². The van der Waals surface area contributed by atoms with Gasteiger partial charge in [-0.1, -0.05) is 33.6 Å². The van der Waals surface area contributed by atoms with E-state index < -0.39 is 18.5 Å². The number of amides is 2. The molecule has 0 saturated carbocycles. The normalized spacial score (nSPS) is 10.1. The highest BCUT2D eigenvalue weighted by molar-refractivity contribution is 9.10. The summed E-state index contributed by atoms with van der Waals surface area (Å²) in [5, 5.41) is 5.31. The van der Waals surface area contributed by atoms with Crippen LogP contribution in [0.5, 0.6) is 0 Å². The molecule has 0 unspecified atom stereocenters. The minimum absolute atomic E-state index is 0.0129. The molecule has 0 fully saturated rings. The van der Waals surface area contributed by atoms with Crippen LogP contribution in [0.25, 0.3) is 0 Å². The van der Waals surface area contributed by atoms with E-state index in [1.807, 2.05) is 19.1 Å². The van der Waals surface area contributed by atoms with E-state index in [0.717, 1.165) is 10.0 Å². The van der Waals surface area contributed by atoms with Gasteiger partial charge in [0.1, 0.15) is 0 Å². The quantitative estimate of drug-likeness (QED) is 0.671. The van der Waals surface area contributed by atoms with Crippen molar-refractivity contribution >= 4 is 45.1 Å². The zero-order valence-electron chi connectivity index (χ0n) is 14.3. The molecule has 0 saturated heterocycles. The zero-order chi connectivity index (χ0) is 18.9. The van der Waals surface area contributed by atoms with Gasteiger partial charge >= 0.3 is 5.97 Å². The van der Waals surface area contributed by atoms with E-state index in [4.69, 9.17) is 4.74 Å². The Balaban J connectivity index is 1.66. The largest absolute Gasteiger partial charge is 0.456 e. The van der Waals surface area contributed by atoms with E-state index in [9.17, 15) is 14.4 Å². The van der Waals surface area contributed by atoms with Crippen LogP contribution in [0.4, 0.5) is 11.4 Å². The Morgan fingerprint density at radius 1 is 0.846 bits per heavy atom. The second-order valence-electron chi connectivity index (χ2n) is 5.63. The van der Waals surface area contributed by atoms with E-state index in [2.05, 4.69) is 26.6 Å². The smallest absolute Gasteiger partial charge is 0.306 e. The summed E-state index contributed by atoms with van der Waals surface area (Å²) in [5.74, 6) is -1.33. The lowest BCUT2D eigenvalue weighted by Crippen LogP contribution is -2.21. The third-order valence-electron chi connectivity index (χ3n) is 3.38. The summed E-state index contributed by atoms with van der Waals surface area (Å²) in [6.07, 6.45) is -0.107. The molecule has 0 aliphatic rings. The van der Waals surface area contributed by atoms with Crippen LogP contribution in [-0.2, 0) is 19.1 Å². The van der Waals surface area contributed by atoms with Crippen LogP contribution in [0.15, 0.2) is 53.0 Å². The second kappa shape index (κ2) is 9.72. The molecule has 0 bridgehead atoms. The van der Waals surface area contributed by atoms with Gasteiger partial charge in [0.15, 0.2) is 6.61 Å². The molecule has 2 rings (SSSR count). The van der Waals surface area contributed by atoms with E-state index in [1.54, 1.807) is 36.4 Å². The van der Waals surface area contributed by atoms with E-state index in [0.29, 0.717) is 11.4 Å². The van der Waals surface area contributed by atoms with Crippen LogP contribution in [0, 0.1) is 6.92 Å². The van der Waals surface area contributed by atoms with Gasteiger partial charge in [-0.3, -0.25) is 14.4 Å². The number of ether oxygens (including phenoxy) is 1. The van der Waals surface area contributed by atoms with Gasteiger partial charge in [-0.25, -0.2) is 0 Å². The lowest BCUT2D eigenvalue weighted by molar-refractivity contribution is -0.147. The number of hydrogen-bond acceptors (Lipinski definition) is 4. The standard InChI is InChI=1S/C19H19BrN2O4/c1-13-2-6-15(7-3-13)21-17(23)10-11-19(25)26-12-18(24)22-16-8-4-14(20)5-9-16/h2-9H,10-12H2,1H3,(H,21,23)(H,22,24). The molecular weight excluding hydrogens is 400 g/mol. The minimum Gasteiger partial charge on any atom is -0.456 e. The third-order valence-corrected chi connectivity index (χ3v) is 3.91. The number of carbonyl (C=O) groups is 3. The number of aryl methyl sites for hydroxylation is 1. The molecule has 0 aromatic heterocycles. The second-order valence-corrected chi connectivity index (χ2v) is 6.55. The van der Waals surface area contributed by atoms with Crippen LogP contribution >= 0.6 is 15.9 Å². The fourth-order valence-corrected chi connectivity index (χ4v) is 2.29. The van der Waals surface area contributed by atoms with Crippen molar-refractivity contribution < 1.29 is 19.1 Å².